The van der Waals surface area contributed by atoms with Crippen molar-refractivity contribution < 1.29 is 18.9 Å². The normalized spacial score (nSPS) is 9.23. The van der Waals surface area contributed by atoms with Crippen molar-refractivity contribution in [2.75, 3.05) is 0 Å². The maximum atomic E-state index is 3.76. The van der Waals surface area contributed by atoms with Crippen LogP contribution in [0.4, 0.5) is 0 Å². The van der Waals surface area contributed by atoms with E-state index in [-0.39, 0.29) is 18.9 Å². The summed E-state index contributed by atoms with van der Waals surface area (Å²) in [5, 5.41) is 2.37. The van der Waals surface area contributed by atoms with Gasteiger partial charge in [0.2, 0.25) is 0 Å². The molecule has 2 rings (SSSR count). The Morgan fingerprint density at radius 2 is 1.92 bits per heavy atom. The third-order valence-corrected chi connectivity index (χ3v) is 1.95. The van der Waals surface area contributed by atoms with Gasteiger partial charge in [0.05, 0.1) is 0 Å². The molecule has 0 amide bonds. The largest absolute Gasteiger partial charge is 1.00 e. The van der Waals surface area contributed by atoms with Gasteiger partial charge < -0.3 is 0 Å². The fourth-order valence-electron chi connectivity index (χ4n) is 1.35. The van der Waals surface area contributed by atoms with Crippen molar-refractivity contribution in [1.29, 1.82) is 0 Å². The van der Waals surface area contributed by atoms with Crippen molar-refractivity contribution >= 4 is 16.8 Å². The Bertz CT molecular complexity index is 413. The summed E-state index contributed by atoms with van der Waals surface area (Å²) in [7, 11) is 0. The van der Waals surface area contributed by atoms with E-state index in [1.54, 1.807) is 0 Å². The Morgan fingerprint density at radius 3 is 2.69 bits per heavy atom. The average Bonchev–Trinajstić information content (AvgIpc) is 2.17. The minimum atomic E-state index is 0. The summed E-state index contributed by atoms with van der Waals surface area (Å²) >= 11 is 0. The second-order valence-corrected chi connectivity index (χ2v) is 2.69. The molecule has 0 aliphatic rings. The molecule has 0 nitrogen and oxygen atoms in total. The van der Waals surface area contributed by atoms with Crippen LogP contribution in [0.3, 0.4) is 0 Å². The molecule has 2 aromatic rings. The molecule has 0 radical (unpaired) electrons. The molecule has 1 heteroatoms. The van der Waals surface area contributed by atoms with Crippen molar-refractivity contribution in [1.82, 2.24) is 0 Å². The molecule has 0 atom stereocenters. The van der Waals surface area contributed by atoms with Crippen LogP contribution in [0, 0.1) is 6.07 Å². The monoisotopic (exact) mass is 160 g/mol. The first-order valence-corrected chi connectivity index (χ1v) is 3.93. The van der Waals surface area contributed by atoms with Crippen LogP contribution < -0.4 is 18.9 Å². The maximum Gasteiger partial charge on any atom is 1.00 e. The number of benzene rings is 2. The minimum Gasteiger partial charge on any atom is -0.147 e. The van der Waals surface area contributed by atoms with Gasteiger partial charge in [-0.2, -0.15) is 0 Å². The molecule has 0 bridgehead atoms. The standard InChI is InChI=1S/C12H9.Li/c1-2-10-7-5-8-11-6-3-4-9-12(10)11;/h2-8H,1H2;/q-1;+1. The zero-order chi connectivity index (χ0) is 8.39. The van der Waals surface area contributed by atoms with E-state index in [4.69, 9.17) is 0 Å². The van der Waals surface area contributed by atoms with Crippen molar-refractivity contribution in [2.45, 2.75) is 0 Å². The second kappa shape index (κ2) is 4.32. The topological polar surface area (TPSA) is 0 Å². The van der Waals surface area contributed by atoms with Gasteiger partial charge in [0.1, 0.15) is 0 Å². The SMILES string of the molecule is C=Cc1cccc2ccc[c-]c12.[Li+]. The van der Waals surface area contributed by atoms with Crippen molar-refractivity contribution in [3.8, 4) is 0 Å². The van der Waals surface area contributed by atoms with Crippen LogP contribution in [0.25, 0.3) is 16.8 Å². The molecule has 0 N–H and O–H groups in total. The van der Waals surface area contributed by atoms with Crippen molar-refractivity contribution in [3.05, 3.63) is 54.6 Å². The minimum absolute atomic E-state index is 0. The predicted molar refractivity (Wildman–Crippen MR) is 52.9 cm³/mol. The van der Waals surface area contributed by atoms with E-state index in [0.29, 0.717) is 0 Å². The zero-order valence-corrected chi connectivity index (χ0v) is 7.75. The van der Waals surface area contributed by atoms with Gasteiger partial charge in [-0.3, -0.25) is 0 Å². The van der Waals surface area contributed by atoms with Crippen molar-refractivity contribution in [2.24, 2.45) is 0 Å². The van der Waals surface area contributed by atoms with Gasteiger partial charge in [-0.1, -0.05) is 23.8 Å². The summed E-state index contributed by atoms with van der Waals surface area (Å²) in [5.74, 6) is 0. The van der Waals surface area contributed by atoms with Gasteiger partial charge in [0.25, 0.3) is 0 Å². The molecule has 2 aromatic carbocycles. The molecule has 58 valence electrons. The van der Waals surface area contributed by atoms with Gasteiger partial charge in [0, 0.05) is 0 Å². The fraction of sp³-hybridized carbons (Fsp3) is 0. The molecule has 0 unspecified atom stereocenters. The van der Waals surface area contributed by atoms with E-state index >= 15 is 0 Å². The number of hydrogen-bond acceptors (Lipinski definition) is 0. The van der Waals surface area contributed by atoms with E-state index in [1.807, 2.05) is 30.3 Å². The van der Waals surface area contributed by atoms with Crippen LogP contribution >= 0.6 is 0 Å². The van der Waals surface area contributed by atoms with Crippen LogP contribution in [0.2, 0.25) is 0 Å². The third kappa shape index (κ3) is 1.86. The van der Waals surface area contributed by atoms with Crippen LogP contribution in [-0.2, 0) is 0 Å². The van der Waals surface area contributed by atoms with E-state index in [0.717, 1.165) is 10.9 Å². The molecule has 0 aliphatic carbocycles. The Kier molecular flexibility index (Phi) is 3.37. The summed E-state index contributed by atoms with van der Waals surface area (Å²) < 4.78 is 0. The first kappa shape index (κ1) is 10.1. The third-order valence-electron chi connectivity index (χ3n) is 1.95. The number of rotatable bonds is 1. The maximum absolute atomic E-state index is 3.76. The molecule has 0 spiro atoms. The molecule has 13 heavy (non-hydrogen) atoms. The first-order valence-electron chi connectivity index (χ1n) is 3.93. The van der Waals surface area contributed by atoms with Crippen LogP contribution in [0.5, 0.6) is 0 Å². The van der Waals surface area contributed by atoms with Crippen molar-refractivity contribution in [3.63, 3.8) is 0 Å². The summed E-state index contributed by atoms with van der Waals surface area (Å²) in [6.45, 7) is 3.76. The molecule has 0 heterocycles. The second-order valence-electron chi connectivity index (χ2n) is 2.69. The molecular formula is C12H9Li. The van der Waals surface area contributed by atoms with Crippen LogP contribution in [0.15, 0.2) is 43.0 Å². The molecule has 0 aliphatic heterocycles. The zero-order valence-electron chi connectivity index (χ0n) is 7.75. The number of hydrogen-bond donors (Lipinski definition) is 0. The van der Waals surface area contributed by atoms with Gasteiger partial charge in [-0.25, -0.2) is 0 Å². The molecule has 0 aromatic heterocycles. The first-order chi connectivity index (χ1) is 5.92. The van der Waals surface area contributed by atoms with Gasteiger partial charge in [-0.05, 0) is 0 Å². The van der Waals surface area contributed by atoms with E-state index in [2.05, 4.69) is 24.8 Å². The quantitative estimate of drug-likeness (QED) is 0.415. The summed E-state index contributed by atoms with van der Waals surface area (Å²) in [4.78, 5) is 0. The molecule has 0 saturated heterocycles. The summed E-state index contributed by atoms with van der Waals surface area (Å²) in [6.07, 6.45) is 1.86. The summed E-state index contributed by atoms with van der Waals surface area (Å²) in [5.41, 5.74) is 1.15. The molecular weight excluding hydrogens is 151 g/mol. The Labute approximate surface area is 90.5 Å². The van der Waals surface area contributed by atoms with E-state index in [1.165, 1.54) is 5.39 Å². The smallest absolute Gasteiger partial charge is 0.147 e. The predicted octanol–water partition coefficient (Wildman–Crippen LogP) is 0.287. The Balaban J connectivity index is 0.000000845. The fourth-order valence-corrected chi connectivity index (χ4v) is 1.35. The van der Waals surface area contributed by atoms with Gasteiger partial charge in [-0.15, -0.1) is 47.7 Å². The van der Waals surface area contributed by atoms with Gasteiger partial charge >= 0.3 is 18.9 Å². The Hall–Kier alpha value is -0.963. The van der Waals surface area contributed by atoms with Gasteiger partial charge in [0.15, 0.2) is 0 Å². The van der Waals surface area contributed by atoms with E-state index in [9.17, 15) is 0 Å². The number of fused-ring (bicyclic) bond motifs is 1. The molecule has 0 fully saturated rings. The Morgan fingerprint density at radius 1 is 1.15 bits per heavy atom. The summed E-state index contributed by atoms with van der Waals surface area (Å²) in [6, 6.07) is 15.4. The van der Waals surface area contributed by atoms with E-state index < -0.39 is 0 Å². The average molecular weight is 160 g/mol. The molecule has 0 saturated carbocycles. The van der Waals surface area contributed by atoms with Crippen LogP contribution in [0.1, 0.15) is 5.56 Å². The van der Waals surface area contributed by atoms with Crippen LogP contribution in [-0.4, -0.2) is 0 Å².